The number of hydrogen-bond donors (Lipinski definition) is 4. The maximum absolute atomic E-state index is 12.5. The lowest BCUT2D eigenvalue weighted by Crippen LogP contribution is -2.50. The molecule has 0 heterocycles. The number of amides is 2. The van der Waals surface area contributed by atoms with E-state index in [0.717, 1.165) is 21.9 Å². The van der Waals surface area contributed by atoms with Crippen LogP contribution >= 0.6 is 0 Å². The maximum atomic E-state index is 12.5. The number of fused-ring (bicyclic) bond motifs is 1. The Balaban J connectivity index is 1.63. The highest BCUT2D eigenvalue weighted by molar-refractivity contribution is 5.97. The Kier molecular flexibility index (Phi) is 6.37. The number of nitrogens with one attached hydrogen (secondary N) is 2. The SMILES string of the molecule is NCc1ccc(C(=O)N[C@@H](CN)C(=O)NCc2cccc3ccccc23)cc1. The standard InChI is InChI=1S/C22H24N4O2/c23-12-15-8-10-17(11-9-15)21(27)26-20(13-24)22(28)25-14-18-6-3-5-16-4-1-2-7-19(16)18/h1-11,20H,12-14,23-24H2,(H,25,28)(H,26,27)/t20-/m0/s1. The predicted octanol–water partition coefficient (Wildman–Crippen LogP) is 1.67. The van der Waals surface area contributed by atoms with Crippen LogP contribution in [-0.2, 0) is 17.9 Å². The summed E-state index contributed by atoms with van der Waals surface area (Å²) < 4.78 is 0. The van der Waals surface area contributed by atoms with Crippen molar-refractivity contribution >= 4 is 22.6 Å². The zero-order valence-corrected chi connectivity index (χ0v) is 15.5. The Morgan fingerprint density at radius 1 is 0.893 bits per heavy atom. The molecule has 0 unspecified atom stereocenters. The highest BCUT2D eigenvalue weighted by atomic mass is 16.2. The van der Waals surface area contributed by atoms with Crippen molar-refractivity contribution < 1.29 is 9.59 Å². The molecule has 0 radical (unpaired) electrons. The molecule has 3 aromatic rings. The van der Waals surface area contributed by atoms with Crippen molar-refractivity contribution in [2.75, 3.05) is 6.54 Å². The largest absolute Gasteiger partial charge is 0.350 e. The number of carbonyl (C=O) groups excluding carboxylic acids is 2. The van der Waals surface area contributed by atoms with Crippen LogP contribution in [0.5, 0.6) is 0 Å². The molecule has 144 valence electrons. The van der Waals surface area contributed by atoms with Gasteiger partial charge in [0, 0.05) is 25.2 Å². The fourth-order valence-electron chi connectivity index (χ4n) is 3.02. The lowest BCUT2D eigenvalue weighted by molar-refractivity contribution is -0.122. The van der Waals surface area contributed by atoms with E-state index < -0.39 is 6.04 Å². The predicted molar refractivity (Wildman–Crippen MR) is 110 cm³/mol. The van der Waals surface area contributed by atoms with Crippen LogP contribution in [-0.4, -0.2) is 24.4 Å². The van der Waals surface area contributed by atoms with Crippen LogP contribution in [0.25, 0.3) is 10.8 Å². The lowest BCUT2D eigenvalue weighted by atomic mass is 10.0. The number of rotatable bonds is 7. The molecule has 6 nitrogen and oxygen atoms in total. The topological polar surface area (TPSA) is 110 Å². The van der Waals surface area contributed by atoms with Gasteiger partial charge in [-0.15, -0.1) is 0 Å². The second-order valence-corrected chi connectivity index (χ2v) is 6.52. The highest BCUT2D eigenvalue weighted by Crippen LogP contribution is 2.18. The van der Waals surface area contributed by atoms with Gasteiger partial charge in [0.05, 0.1) is 0 Å². The zero-order chi connectivity index (χ0) is 19.9. The van der Waals surface area contributed by atoms with Crippen LogP contribution in [0.3, 0.4) is 0 Å². The summed E-state index contributed by atoms with van der Waals surface area (Å²) in [4.78, 5) is 24.9. The van der Waals surface area contributed by atoms with Crippen LogP contribution in [0, 0.1) is 0 Å². The van der Waals surface area contributed by atoms with Crippen molar-refractivity contribution in [2.24, 2.45) is 11.5 Å². The minimum Gasteiger partial charge on any atom is -0.350 e. The van der Waals surface area contributed by atoms with Crippen molar-refractivity contribution in [2.45, 2.75) is 19.1 Å². The van der Waals surface area contributed by atoms with Gasteiger partial charge in [-0.25, -0.2) is 0 Å². The van der Waals surface area contributed by atoms with E-state index in [4.69, 9.17) is 11.5 Å². The van der Waals surface area contributed by atoms with Gasteiger partial charge in [0.2, 0.25) is 5.91 Å². The maximum Gasteiger partial charge on any atom is 0.251 e. The van der Waals surface area contributed by atoms with E-state index in [1.54, 1.807) is 24.3 Å². The Morgan fingerprint density at radius 3 is 2.32 bits per heavy atom. The number of carbonyl (C=O) groups is 2. The molecule has 0 saturated heterocycles. The molecule has 0 bridgehead atoms. The van der Waals surface area contributed by atoms with Crippen LogP contribution in [0.1, 0.15) is 21.5 Å². The van der Waals surface area contributed by atoms with E-state index in [-0.39, 0.29) is 18.4 Å². The molecule has 3 aromatic carbocycles. The summed E-state index contributed by atoms with van der Waals surface area (Å²) in [5.41, 5.74) is 13.7. The molecule has 0 spiro atoms. The molecule has 0 aliphatic carbocycles. The Labute approximate surface area is 163 Å². The van der Waals surface area contributed by atoms with Crippen molar-refractivity contribution in [3.05, 3.63) is 83.4 Å². The van der Waals surface area contributed by atoms with E-state index in [2.05, 4.69) is 10.6 Å². The van der Waals surface area contributed by atoms with Gasteiger partial charge in [-0.05, 0) is 34.0 Å². The summed E-state index contributed by atoms with van der Waals surface area (Å²) in [5, 5.41) is 7.75. The monoisotopic (exact) mass is 376 g/mol. The number of hydrogen-bond acceptors (Lipinski definition) is 4. The second kappa shape index (κ2) is 9.12. The molecule has 0 saturated carbocycles. The van der Waals surface area contributed by atoms with E-state index in [0.29, 0.717) is 18.7 Å². The van der Waals surface area contributed by atoms with Gasteiger partial charge in [-0.3, -0.25) is 9.59 Å². The zero-order valence-electron chi connectivity index (χ0n) is 15.5. The lowest BCUT2D eigenvalue weighted by Gasteiger charge is -2.17. The van der Waals surface area contributed by atoms with Crippen LogP contribution in [0.15, 0.2) is 66.7 Å². The first-order valence-electron chi connectivity index (χ1n) is 9.16. The Bertz CT molecular complexity index is 964. The molecule has 0 aliphatic heterocycles. The molecule has 0 aromatic heterocycles. The molecule has 2 amide bonds. The van der Waals surface area contributed by atoms with Gasteiger partial charge in [0.1, 0.15) is 6.04 Å². The second-order valence-electron chi connectivity index (χ2n) is 6.52. The summed E-state index contributed by atoms with van der Waals surface area (Å²) in [7, 11) is 0. The normalized spacial score (nSPS) is 11.8. The Morgan fingerprint density at radius 2 is 1.61 bits per heavy atom. The van der Waals surface area contributed by atoms with Crippen molar-refractivity contribution in [1.29, 1.82) is 0 Å². The first-order valence-corrected chi connectivity index (χ1v) is 9.16. The fraction of sp³-hybridized carbons (Fsp3) is 0.182. The van der Waals surface area contributed by atoms with Gasteiger partial charge >= 0.3 is 0 Å². The molecular weight excluding hydrogens is 352 g/mol. The van der Waals surface area contributed by atoms with E-state index in [9.17, 15) is 9.59 Å². The fourth-order valence-corrected chi connectivity index (χ4v) is 3.02. The van der Waals surface area contributed by atoms with Crippen LogP contribution < -0.4 is 22.1 Å². The number of nitrogens with two attached hydrogens (primary N) is 2. The third kappa shape index (κ3) is 4.54. The average Bonchev–Trinajstić information content (AvgIpc) is 2.75. The van der Waals surface area contributed by atoms with E-state index in [1.165, 1.54) is 0 Å². The molecule has 6 N–H and O–H groups in total. The van der Waals surface area contributed by atoms with E-state index in [1.807, 2.05) is 42.5 Å². The van der Waals surface area contributed by atoms with Crippen molar-refractivity contribution in [3.63, 3.8) is 0 Å². The van der Waals surface area contributed by atoms with Crippen LogP contribution in [0.4, 0.5) is 0 Å². The average molecular weight is 376 g/mol. The highest BCUT2D eigenvalue weighted by Gasteiger charge is 2.20. The van der Waals surface area contributed by atoms with Gasteiger partial charge in [-0.1, -0.05) is 54.6 Å². The first kappa shape index (κ1) is 19.5. The molecule has 6 heteroatoms. The molecule has 28 heavy (non-hydrogen) atoms. The Hall–Kier alpha value is -3.22. The minimum atomic E-state index is -0.809. The summed E-state index contributed by atoms with van der Waals surface area (Å²) in [6, 6.07) is 20.1. The number of benzene rings is 3. The smallest absolute Gasteiger partial charge is 0.251 e. The van der Waals surface area contributed by atoms with E-state index >= 15 is 0 Å². The molecule has 1 atom stereocenters. The quantitative estimate of drug-likeness (QED) is 0.503. The molecule has 3 rings (SSSR count). The van der Waals surface area contributed by atoms with Gasteiger partial charge in [-0.2, -0.15) is 0 Å². The van der Waals surface area contributed by atoms with Crippen molar-refractivity contribution in [3.8, 4) is 0 Å². The summed E-state index contributed by atoms with van der Waals surface area (Å²) >= 11 is 0. The van der Waals surface area contributed by atoms with Crippen molar-refractivity contribution in [1.82, 2.24) is 10.6 Å². The van der Waals surface area contributed by atoms with Gasteiger partial charge in [0.15, 0.2) is 0 Å². The molecule has 0 fully saturated rings. The summed E-state index contributed by atoms with van der Waals surface area (Å²) in [6.45, 7) is 0.773. The molecular formula is C22H24N4O2. The summed E-state index contributed by atoms with van der Waals surface area (Å²) in [6.07, 6.45) is 0. The first-order chi connectivity index (χ1) is 13.6. The van der Waals surface area contributed by atoms with Crippen LogP contribution in [0.2, 0.25) is 0 Å². The minimum absolute atomic E-state index is 0.00793. The third-order valence-electron chi connectivity index (χ3n) is 4.64. The third-order valence-corrected chi connectivity index (χ3v) is 4.64. The van der Waals surface area contributed by atoms with Gasteiger partial charge in [0.25, 0.3) is 5.91 Å². The molecule has 0 aliphatic rings. The summed E-state index contributed by atoms with van der Waals surface area (Å²) in [5.74, 6) is -0.665. The van der Waals surface area contributed by atoms with Gasteiger partial charge < -0.3 is 22.1 Å².